The van der Waals surface area contributed by atoms with Crippen molar-refractivity contribution in [2.75, 3.05) is 13.6 Å². The summed E-state index contributed by atoms with van der Waals surface area (Å²) in [4.78, 5) is 35.9. The highest BCUT2D eigenvalue weighted by Crippen LogP contribution is 2.09. The molecule has 0 fully saturated rings. The van der Waals surface area contributed by atoms with E-state index in [4.69, 9.17) is 10.8 Å². The fourth-order valence-electron chi connectivity index (χ4n) is 1.49. The molecule has 0 unspecified atom stereocenters. The van der Waals surface area contributed by atoms with E-state index in [9.17, 15) is 14.4 Å². The van der Waals surface area contributed by atoms with Crippen molar-refractivity contribution in [3.63, 3.8) is 0 Å². The molecule has 0 spiro atoms. The minimum atomic E-state index is -1.30. The first-order valence-corrected chi connectivity index (χ1v) is 6.83. The molecule has 1 atom stereocenters. The van der Waals surface area contributed by atoms with E-state index in [0.29, 0.717) is 13.0 Å². The average Bonchev–Trinajstić information content (AvgIpc) is 2.87. The van der Waals surface area contributed by atoms with Gasteiger partial charge in [-0.3, -0.25) is 4.79 Å². The molecule has 110 valence electrons. The maximum Gasteiger partial charge on any atom is 0.326 e. The molecule has 0 radical (unpaired) electrons. The number of carboxylic acid groups (broad SMARTS) is 1. The molecule has 1 heterocycles. The topological polar surface area (TPSA) is 113 Å². The summed E-state index contributed by atoms with van der Waals surface area (Å²) >= 11 is 1.59. The van der Waals surface area contributed by atoms with Crippen molar-refractivity contribution in [3.8, 4) is 0 Å². The Balaban J connectivity index is 2.46. The number of carbonyl (C=O) groups excluding carboxylic acids is 2. The SMILES string of the molecule is CN(CCc1cccs1)C(=O)N[C@@H](CC(N)=O)C(=O)O. The van der Waals surface area contributed by atoms with Gasteiger partial charge in [0.15, 0.2) is 0 Å². The third-order valence-corrected chi connectivity index (χ3v) is 3.56. The molecule has 7 nitrogen and oxygen atoms in total. The van der Waals surface area contributed by atoms with Crippen LogP contribution in [0.25, 0.3) is 0 Å². The first-order chi connectivity index (χ1) is 9.40. The molecule has 3 amide bonds. The van der Waals surface area contributed by atoms with Gasteiger partial charge in [0.25, 0.3) is 0 Å². The van der Waals surface area contributed by atoms with Crippen molar-refractivity contribution in [1.82, 2.24) is 10.2 Å². The number of rotatable bonds is 7. The van der Waals surface area contributed by atoms with Gasteiger partial charge in [-0.1, -0.05) is 6.07 Å². The van der Waals surface area contributed by atoms with Crippen LogP contribution in [0, 0.1) is 0 Å². The van der Waals surface area contributed by atoms with Gasteiger partial charge in [0, 0.05) is 18.5 Å². The largest absolute Gasteiger partial charge is 0.480 e. The standard InChI is InChI=1S/C12H17N3O4S/c1-15(5-4-8-3-2-6-20-8)12(19)14-9(11(17)18)7-10(13)16/h2-3,6,9H,4-5,7H2,1H3,(H2,13,16)(H,14,19)(H,17,18)/t9-/m0/s1. The summed E-state index contributed by atoms with van der Waals surface area (Å²) in [5.74, 6) is -2.07. The molecular formula is C12H17N3O4S. The van der Waals surface area contributed by atoms with Crippen molar-refractivity contribution in [2.45, 2.75) is 18.9 Å². The molecule has 0 aliphatic rings. The Bertz CT molecular complexity index is 475. The number of aliphatic carboxylic acids is 1. The zero-order valence-corrected chi connectivity index (χ0v) is 11.9. The van der Waals surface area contributed by atoms with E-state index in [1.54, 1.807) is 18.4 Å². The van der Waals surface area contributed by atoms with Crippen LogP contribution in [-0.2, 0) is 16.0 Å². The second-order valence-corrected chi connectivity index (χ2v) is 5.29. The molecule has 4 N–H and O–H groups in total. The van der Waals surface area contributed by atoms with E-state index in [0.717, 1.165) is 4.88 Å². The first kappa shape index (κ1) is 16.0. The van der Waals surface area contributed by atoms with E-state index in [-0.39, 0.29) is 0 Å². The lowest BCUT2D eigenvalue weighted by Gasteiger charge is -2.20. The Kier molecular flexibility index (Phi) is 5.98. The average molecular weight is 299 g/mol. The zero-order valence-electron chi connectivity index (χ0n) is 11.0. The van der Waals surface area contributed by atoms with Crippen LogP contribution in [0.15, 0.2) is 17.5 Å². The fourth-order valence-corrected chi connectivity index (χ4v) is 2.19. The van der Waals surface area contributed by atoms with E-state index >= 15 is 0 Å². The van der Waals surface area contributed by atoms with Crippen LogP contribution in [0.5, 0.6) is 0 Å². The van der Waals surface area contributed by atoms with Crippen LogP contribution < -0.4 is 11.1 Å². The molecule has 0 aliphatic carbocycles. The van der Waals surface area contributed by atoms with E-state index < -0.39 is 30.4 Å². The Hall–Kier alpha value is -2.09. The molecule has 1 aromatic rings. The number of hydrogen-bond donors (Lipinski definition) is 3. The summed E-state index contributed by atoms with van der Waals surface area (Å²) in [6.07, 6.45) is 0.259. The number of amides is 3. The third kappa shape index (κ3) is 5.27. The number of carbonyl (C=O) groups is 3. The summed E-state index contributed by atoms with van der Waals surface area (Å²) in [7, 11) is 1.56. The van der Waals surface area contributed by atoms with Crippen LogP contribution in [-0.4, -0.2) is 47.5 Å². The number of carboxylic acids is 1. The summed E-state index contributed by atoms with van der Waals surface area (Å²) in [5, 5.41) is 13.1. The fraction of sp³-hybridized carbons (Fsp3) is 0.417. The highest BCUT2D eigenvalue weighted by Gasteiger charge is 2.23. The Morgan fingerprint density at radius 2 is 2.20 bits per heavy atom. The van der Waals surface area contributed by atoms with Crippen LogP contribution >= 0.6 is 11.3 Å². The molecule has 0 aliphatic heterocycles. The second kappa shape index (κ2) is 7.49. The molecule has 8 heteroatoms. The van der Waals surface area contributed by atoms with Crippen molar-refractivity contribution in [2.24, 2.45) is 5.73 Å². The number of primary amides is 1. The smallest absolute Gasteiger partial charge is 0.326 e. The van der Waals surface area contributed by atoms with Gasteiger partial charge in [-0.05, 0) is 17.9 Å². The van der Waals surface area contributed by atoms with Gasteiger partial charge in [-0.25, -0.2) is 9.59 Å². The molecule has 1 aromatic heterocycles. The number of nitrogens with zero attached hydrogens (tertiary/aromatic N) is 1. The Morgan fingerprint density at radius 3 is 2.70 bits per heavy atom. The number of nitrogens with two attached hydrogens (primary N) is 1. The summed E-state index contributed by atoms with van der Waals surface area (Å²) in [6, 6.07) is 2.04. The molecule has 0 saturated heterocycles. The monoisotopic (exact) mass is 299 g/mol. The van der Waals surface area contributed by atoms with Crippen molar-refractivity contribution in [1.29, 1.82) is 0 Å². The second-order valence-electron chi connectivity index (χ2n) is 4.26. The van der Waals surface area contributed by atoms with Gasteiger partial charge in [0.05, 0.1) is 6.42 Å². The van der Waals surface area contributed by atoms with E-state index in [2.05, 4.69) is 5.32 Å². The Labute approximate surface area is 120 Å². The van der Waals surface area contributed by atoms with E-state index in [1.165, 1.54) is 4.90 Å². The van der Waals surface area contributed by atoms with Crippen LogP contribution in [0.4, 0.5) is 4.79 Å². The van der Waals surface area contributed by atoms with Crippen molar-refractivity contribution >= 4 is 29.2 Å². The lowest BCUT2D eigenvalue weighted by molar-refractivity contribution is -0.140. The Morgan fingerprint density at radius 1 is 1.50 bits per heavy atom. The van der Waals surface area contributed by atoms with Gasteiger partial charge in [0.1, 0.15) is 6.04 Å². The quantitative estimate of drug-likeness (QED) is 0.670. The molecule has 1 rings (SSSR count). The summed E-state index contributed by atoms with van der Waals surface area (Å²) in [5.41, 5.74) is 4.94. The van der Waals surface area contributed by atoms with Crippen molar-refractivity contribution < 1.29 is 19.5 Å². The minimum absolute atomic E-state index is 0.431. The van der Waals surface area contributed by atoms with Gasteiger partial charge in [0.2, 0.25) is 5.91 Å². The molecule has 0 saturated carbocycles. The highest BCUT2D eigenvalue weighted by molar-refractivity contribution is 7.09. The number of thiophene rings is 1. The van der Waals surface area contributed by atoms with Gasteiger partial charge in [-0.15, -0.1) is 11.3 Å². The third-order valence-electron chi connectivity index (χ3n) is 2.62. The van der Waals surface area contributed by atoms with Crippen LogP contribution in [0.3, 0.4) is 0 Å². The maximum absolute atomic E-state index is 11.8. The number of urea groups is 1. The van der Waals surface area contributed by atoms with E-state index in [1.807, 2.05) is 17.5 Å². The number of nitrogens with one attached hydrogen (secondary N) is 1. The maximum atomic E-state index is 11.8. The van der Waals surface area contributed by atoms with Crippen LogP contribution in [0.2, 0.25) is 0 Å². The normalized spacial score (nSPS) is 11.7. The summed E-state index contributed by atoms with van der Waals surface area (Å²) in [6.45, 7) is 0.454. The van der Waals surface area contributed by atoms with Gasteiger partial charge < -0.3 is 21.1 Å². The number of hydrogen-bond acceptors (Lipinski definition) is 4. The summed E-state index contributed by atoms with van der Waals surface area (Å²) < 4.78 is 0. The molecule has 20 heavy (non-hydrogen) atoms. The molecular weight excluding hydrogens is 282 g/mol. The predicted octanol–water partition coefficient (Wildman–Crippen LogP) is 0.261. The van der Waals surface area contributed by atoms with Gasteiger partial charge >= 0.3 is 12.0 Å². The lowest BCUT2D eigenvalue weighted by atomic mass is 10.2. The highest BCUT2D eigenvalue weighted by atomic mass is 32.1. The van der Waals surface area contributed by atoms with Gasteiger partial charge in [-0.2, -0.15) is 0 Å². The predicted molar refractivity (Wildman–Crippen MR) is 74.4 cm³/mol. The van der Waals surface area contributed by atoms with Crippen LogP contribution in [0.1, 0.15) is 11.3 Å². The number of likely N-dealkylation sites (N-methyl/N-ethyl adjacent to an activating group) is 1. The molecule has 0 aromatic carbocycles. The zero-order chi connectivity index (χ0) is 15.1. The lowest BCUT2D eigenvalue weighted by Crippen LogP contribution is -2.48. The first-order valence-electron chi connectivity index (χ1n) is 5.95. The minimum Gasteiger partial charge on any atom is -0.480 e. The van der Waals surface area contributed by atoms with Crippen molar-refractivity contribution in [3.05, 3.63) is 22.4 Å². The molecule has 0 bridgehead atoms.